The number of amides is 1. The quantitative estimate of drug-likeness (QED) is 0.844. The highest BCUT2D eigenvalue weighted by molar-refractivity contribution is 7.10. The Morgan fingerprint density at radius 3 is 3.08 bits per heavy atom. The van der Waals surface area contributed by atoms with E-state index in [1.807, 2.05) is 18.0 Å². The first-order valence-electron chi connectivity index (χ1n) is 8.70. The van der Waals surface area contributed by atoms with Crippen molar-refractivity contribution in [2.75, 3.05) is 6.54 Å². The Hall–Kier alpha value is -1.66. The molecule has 3 heterocycles. The minimum atomic E-state index is -0.139. The number of carbonyl (C=O) groups excluding carboxylic acids is 1. The van der Waals surface area contributed by atoms with E-state index in [1.165, 1.54) is 10.4 Å². The van der Waals surface area contributed by atoms with Crippen molar-refractivity contribution >= 4 is 17.2 Å². The third kappa shape index (κ3) is 3.54. The van der Waals surface area contributed by atoms with E-state index in [4.69, 9.17) is 0 Å². The van der Waals surface area contributed by atoms with Gasteiger partial charge in [-0.3, -0.25) is 15.2 Å². The van der Waals surface area contributed by atoms with Crippen molar-refractivity contribution in [1.82, 2.24) is 20.4 Å². The van der Waals surface area contributed by atoms with Crippen LogP contribution in [0, 0.1) is 6.92 Å². The summed E-state index contributed by atoms with van der Waals surface area (Å²) in [6.07, 6.45) is 4.66. The highest BCUT2D eigenvalue weighted by atomic mass is 32.1. The maximum atomic E-state index is 13.1. The highest BCUT2D eigenvalue weighted by Gasteiger charge is 2.28. The second kappa shape index (κ2) is 7.49. The van der Waals surface area contributed by atoms with Gasteiger partial charge in [0.1, 0.15) is 0 Å². The van der Waals surface area contributed by atoms with E-state index in [0.29, 0.717) is 0 Å². The zero-order chi connectivity index (χ0) is 17.1. The predicted octanol–water partition coefficient (Wildman–Crippen LogP) is 3.18. The molecule has 130 valence electrons. The van der Waals surface area contributed by atoms with E-state index in [-0.39, 0.29) is 18.0 Å². The van der Waals surface area contributed by atoms with Crippen molar-refractivity contribution in [1.29, 1.82) is 0 Å². The number of H-pyrrole nitrogens is 1. The lowest BCUT2D eigenvalue weighted by atomic mass is 10.0. The monoisotopic (exact) mass is 346 g/mol. The van der Waals surface area contributed by atoms with Crippen LogP contribution in [0.5, 0.6) is 0 Å². The molecule has 1 amide bonds. The van der Waals surface area contributed by atoms with Gasteiger partial charge in [-0.2, -0.15) is 5.10 Å². The van der Waals surface area contributed by atoms with Gasteiger partial charge in [0.15, 0.2) is 0 Å². The molecule has 1 aliphatic rings. The van der Waals surface area contributed by atoms with Crippen LogP contribution in [0.25, 0.3) is 0 Å². The van der Waals surface area contributed by atoms with Crippen LogP contribution in [0.15, 0.2) is 17.6 Å². The number of aromatic amines is 1. The molecule has 3 rings (SSSR count). The fraction of sp³-hybridized carbons (Fsp3) is 0.556. The number of nitrogens with one attached hydrogen (secondary N) is 2. The Kier molecular flexibility index (Phi) is 5.36. The summed E-state index contributed by atoms with van der Waals surface area (Å²) < 4.78 is 0. The summed E-state index contributed by atoms with van der Waals surface area (Å²) in [6.45, 7) is 7.82. The normalized spacial score (nSPS) is 16.7. The van der Waals surface area contributed by atoms with Gasteiger partial charge in [-0.05, 0) is 43.7 Å². The molecule has 2 atom stereocenters. The summed E-state index contributed by atoms with van der Waals surface area (Å²) in [5.74, 6) is 0.224. The van der Waals surface area contributed by atoms with Crippen LogP contribution < -0.4 is 5.32 Å². The van der Waals surface area contributed by atoms with Gasteiger partial charge < -0.3 is 4.90 Å². The van der Waals surface area contributed by atoms with E-state index in [0.717, 1.165) is 43.6 Å². The van der Waals surface area contributed by atoms with Crippen LogP contribution in [-0.4, -0.2) is 33.6 Å². The molecule has 2 aromatic rings. The van der Waals surface area contributed by atoms with Gasteiger partial charge in [0.2, 0.25) is 5.91 Å². The van der Waals surface area contributed by atoms with Crippen LogP contribution in [0.3, 0.4) is 0 Å². The number of hydrogen-bond donors (Lipinski definition) is 2. The molecule has 0 fully saturated rings. The molecule has 5 nitrogen and oxygen atoms in total. The summed E-state index contributed by atoms with van der Waals surface area (Å²) in [5, 5.41) is 12.7. The Morgan fingerprint density at radius 1 is 1.54 bits per heavy atom. The molecule has 0 aliphatic carbocycles. The smallest absolute Gasteiger partial charge is 0.240 e. The summed E-state index contributed by atoms with van der Waals surface area (Å²) in [7, 11) is 0. The summed E-state index contributed by atoms with van der Waals surface area (Å²) in [5.41, 5.74) is 3.50. The first-order chi connectivity index (χ1) is 11.6. The van der Waals surface area contributed by atoms with Gasteiger partial charge in [0.25, 0.3) is 0 Å². The van der Waals surface area contributed by atoms with Gasteiger partial charge in [-0.25, -0.2) is 0 Å². The second-order valence-corrected chi connectivity index (χ2v) is 7.56. The Balaban J connectivity index is 1.69. The third-order valence-corrected chi connectivity index (χ3v) is 5.80. The highest BCUT2D eigenvalue weighted by Crippen LogP contribution is 2.25. The number of hydrogen-bond acceptors (Lipinski definition) is 4. The Bertz CT molecular complexity index is 693. The molecule has 0 radical (unpaired) electrons. The van der Waals surface area contributed by atoms with Crippen molar-refractivity contribution in [3.63, 3.8) is 0 Å². The molecule has 0 saturated carbocycles. The standard InChI is InChI=1S/C18H26N4OS/c1-4-5-16(20-12(2)15-10-19-21-13(15)3)18(23)22-8-6-17-14(11-22)7-9-24-17/h7,9-10,12,16,20H,4-6,8,11H2,1-3H3,(H,19,21)/t12-,16+/m1/s1. The first-order valence-corrected chi connectivity index (χ1v) is 9.58. The fourth-order valence-electron chi connectivity index (χ4n) is 3.41. The van der Waals surface area contributed by atoms with E-state index in [2.05, 4.69) is 40.8 Å². The molecule has 0 bridgehead atoms. The van der Waals surface area contributed by atoms with E-state index in [1.54, 1.807) is 11.3 Å². The maximum Gasteiger partial charge on any atom is 0.240 e. The molecule has 2 N–H and O–H groups in total. The van der Waals surface area contributed by atoms with Crippen LogP contribution in [0.2, 0.25) is 0 Å². The first kappa shape index (κ1) is 17.2. The number of nitrogens with zero attached hydrogens (tertiary/aromatic N) is 2. The van der Waals surface area contributed by atoms with Crippen molar-refractivity contribution in [2.45, 2.75) is 58.7 Å². The summed E-state index contributed by atoms with van der Waals surface area (Å²) >= 11 is 1.80. The van der Waals surface area contributed by atoms with Gasteiger partial charge in [-0.15, -0.1) is 11.3 Å². The van der Waals surface area contributed by atoms with Crippen molar-refractivity contribution in [3.8, 4) is 0 Å². The molecule has 24 heavy (non-hydrogen) atoms. The molecule has 2 aromatic heterocycles. The largest absolute Gasteiger partial charge is 0.337 e. The van der Waals surface area contributed by atoms with Crippen molar-refractivity contribution < 1.29 is 4.79 Å². The molecular formula is C18H26N4OS. The molecule has 0 spiro atoms. The van der Waals surface area contributed by atoms with Crippen molar-refractivity contribution in [3.05, 3.63) is 39.3 Å². The average Bonchev–Trinajstić information content (AvgIpc) is 3.21. The van der Waals surface area contributed by atoms with Gasteiger partial charge in [0, 0.05) is 35.3 Å². The molecule has 0 saturated heterocycles. The molecule has 0 aromatic carbocycles. The molecule has 0 unspecified atom stereocenters. The Morgan fingerprint density at radius 2 is 2.38 bits per heavy atom. The molecular weight excluding hydrogens is 320 g/mol. The average molecular weight is 347 g/mol. The molecule has 1 aliphatic heterocycles. The second-order valence-electron chi connectivity index (χ2n) is 6.56. The number of aromatic nitrogens is 2. The third-order valence-electron chi connectivity index (χ3n) is 4.78. The summed E-state index contributed by atoms with van der Waals surface area (Å²) in [4.78, 5) is 16.5. The zero-order valence-electron chi connectivity index (χ0n) is 14.6. The fourth-order valence-corrected chi connectivity index (χ4v) is 4.30. The lowest BCUT2D eigenvalue weighted by Gasteiger charge is -2.32. The SMILES string of the molecule is CCC[C@H](N[C@H](C)c1cn[nH]c1C)C(=O)N1CCc2sccc2C1. The van der Waals surface area contributed by atoms with E-state index in [9.17, 15) is 4.79 Å². The van der Waals surface area contributed by atoms with Gasteiger partial charge in [0.05, 0.1) is 12.2 Å². The number of rotatable bonds is 6. The molecule has 6 heteroatoms. The maximum absolute atomic E-state index is 13.1. The lowest BCUT2D eigenvalue weighted by molar-refractivity contribution is -0.134. The number of aryl methyl sites for hydroxylation is 1. The Labute approximate surface area is 147 Å². The van der Waals surface area contributed by atoms with Crippen LogP contribution in [0.4, 0.5) is 0 Å². The minimum Gasteiger partial charge on any atom is -0.337 e. The summed E-state index contributed by atoms with van der Waals surface area (Å²) in [6, 6.07) is 2.12. The van der Waals surface area contributed by atoms with E-state index >= 15 is 0 Å². The number of thiophene rings is 1. The lowest BCUT2D eigenvalue weighted by Crippen LogP contribution is -2.48. The zero-order valence-corrected chi connectivity index (χ0v) is 15.4. The van der Waals surface area contributed by atoms with Crippen LogP contribution >= 0.6 is 11.3 Å². The van der Waals surface area contributed by atoms with E-state index < -0.39 is 0 Å². The topological polar surface area (TPSA) is 61.0 Å². The minimum absolute atomic E-state index is 0.103. The predicted molar refractivity (Wildman–Crippen MR) is 97.0 cm³/mol. The van der Waals surface area contributed by atoms with Gasteiger partial charge in [-0.1, -0.05) is 13.3 Å². The number of fused-ring (bicyclic) bond motifs is 1. The van der Waals surface area contributed by atoms with Crippen LogP contribution in [0.1, 0.15) is 54.4 Å². The van der Waals surface area contributed by atoms with Crippen LogP contribution in [-0.2, 0) is 17.8 Å². The number of carbonyl (C=O) groups is 1. The van der Waals surface area contributed by atoms with Crippen molar-refractivity contribution in [2.24, 2.45) is 0 Å². The van der Waals surface area contributed by atoms with Gasteiger partial charge >= 0.3 is 0 Å².